The van der Waals surface area contributed by atoms with Crippen molar-refractivity contribution in [2.75, 3.05) is 0 Å². The van der Waals surface area contributed by atoms with Crippen LogP contribution in [0.1, 0.15) is 115 Å². The monoisotopic (exact) mass is 724 g/mol. The quantitative estimate of drug-likeness (QED) is 0.0913. The lowest BCUT2D eigenvalue weighted by molar-refractivity contribution is -0.114. The van der Waals surface area contributed by atoms with Crippen molar-refractivity contribution in [2.24, 2.45) is 9.98 Å². The Bertz CT molecular complexity index is 2030. The molecule has 0 saturated carbocycles. The van der Waals surface area contributed by atoms with Crippen LogP contribution in [-0.4, -0.2) is 34.2 Å². The van der Waals surface area contributed by atoms with Gasteiger partial charge in [0.15, 0.2) is 11.6 Å². The van der Waals surface area contributed by atoms with Crippen LogP contribution in [0, 0.1) is 83.1 Å². The second kappa shape index (κ2) is 16.8. The number of aryl methyl sites for hydroxylation is 12. The first-order chi connectivity index (χ1) is 25.2. The fraction of sp³-hybridized carbons (Fsp3) is 0.333. The van der Waals surface area contributed by atoms with Gasteiger partial charge in [0, 0.05) is 23.6 Å². The van der Waals surface area contributed by atoms with Crippen LogP contribution in [0.5, 0.6) is 0 Å². The van der Waals surface area contributed by atoms with E-state index in [2.05, 4.69) is 38.1 Å². The Morgan fingerprint density at radius 1 is 0.444 bits per heavy atom. The van der Waals surface area contributed by atoms with E-state index < -0.39 is 12.1 Å². The average Bonchev–Trinajstić information content (AvgIpc) is 3.01. The molecule has 0 aromatic heterocycles. The molecule has 4 aromatic rings. The summed E-state index contributed by atoms with van der Waals surface area (Å²) < 4.78 is 0. The van der Waals surface area contributed by atoms with E-state index in [9.17, 15) is 19.8 Å². The highest BCUT2D eigenvalue weighted by molar-refractivity contribution is 6.18. The summed E-state index contributed by atoms with van der Waals surface area (Å²) in [4.78, 5) is 37.0. The normalized spacial score (nSPS) is 14.0. The molecule has 0 aliphatic carbocycles. The number of ketones is 2. The van der Waals surface area contributed by atoms with Crippen molar-refractivity contribution in [3.8, 4) is 0 Å². The molecule has 0 aliphatic heterocycles. The molecular weight excluding hydrogens is 669 g/mol. The number of aliphatic hydroxyl groups excluding tert-OH is 2. The van der Waals surface area contributed by atoms with Gasteiger partial charge in [0.05, 0.1) is 11.1 Å². The third kappa shape index (κ3) is 8.87. The van der Waals surface area contributed by atoms with Gasteiger partial charge in [-0.3, -0.25) is 19.6 Å². The maximum absolute atomic E-state index is 13.3. The van der Waals surface area contributed by atoms with Gasteiger partial charge in [-0.25, -0.2) is 0 Å². The molecule has 0 radical (unpaired) electrons. The Labute approximate surface area is 322 Å². The van der Waals surface area contributed by atoms with E-state index in [1.807, 2.05) is 93.5 Å². The largest absolute Gasteiger partial charge is 0.506 e. The first-order valence-corrected chi connectivity index (χ1v) is 18.5. The molecule has 6 nitrogen and oxygen atoms in total. The standard InChI is InChI=1S/C48H56N2O4/c1-25-15-29(5)41(30(6)16-25)45(49-23-39(37(13)51)47(53)43-33(9)19-27(3)20-34(43)10)46(42-31(7)17-26(2)18-32(42)8)50-24-40(38(14)52)48(54)44-35(11)21-28(4)22-36(44)12/h15-24,45-46,53-54H,1-14H3/t45-,46-/m1/s1. The molecule has 0 amide bonds. The molecular formula is C48H56N2O4. The van der Waals surface area contributed by atoms with Crippen LogP contribution in [0.25, 0.3) is 11.5 Å². The molecule has 0 saturated heterocycles. The third-order valence-corrected chi connectivity index (χ3v) is 10.2. The van der Waals surface area contributed by atoms with E-state index in [4.69, 9.17) is 9.98 Å². The summed E-state index contributed by atoms with van der Waals surface area (Å²) in [6, 6.07) is 15.0. The summed E-state index contributed by atoms with van der Waals surface area (Å²) in [5.41, 5.74) is 15.0. The minimum Gasteiger partial charge on any atom is -0.506 e. The van der Waals surface area contributed by atoms with Crippen molar-refractivity contribution in [3.05, 3.63) is 149 Å². The second-order valence-electron chi connectivity index (χ2n) is 15.3. The lowest BCUT2D eigenvalue weighted by atomic mass is 9.84. The minimum atomic E-state index is -0.692. The first-order valence-electron chi connectivity index (χ1n) is 18.5. The predicted octanol–water partition coefficient (Wildman–Crippen LogP) is 11.4. The number of Topliss-reactive ketones (excluding diaryl/α,β-unsaturated/α-hetero) is 2. The smallest absolute Gasteiger partial charge is 0.165 e. The number of rotatable bonds is 11. The molecule has 0 spiro atoms. The van der Waals surface area contributed by atoms with Gasteiger partial charge in [-0.2, -0.15) is 0 Å². The van der Waals surface area contributed by atoms with Gasteiger partial charge in [-0.15, -0.1) is 0 Å². The molecule has 282 valence electrons. The Morgan fingerprint density at radius 3 is 0.889 bits per heavy atom. The number of carbonyl (C=O) groups excluding carboxylic acids is 2. The summed E-state index contributed by atoms with van der Waals surface area (Å²) in [5, 5.41) is 23.5. The Balaban J connectivity index is 2.11. The third-order valence-electron chi connectivity index (χ3n) is 10.2. The van der Waals surface area contributed by atoms with E-state index in [0.717, 1.165) is 77.9 Å². The van der Waals surface area contributed by atoms with Crippen LogP contribution in [0.4, 0.5) is 0 Å². The Kier molecular flexibility index (Phi) is 12.8. The van der Waals surface area contributed by atoms with Gasteiger partial charge in [-0.1, -0.05) is 70.8 Å². The SMILES string of the molecule is CC(=O)C(C=N[C@H](c1c(C)cc(C)cc1C)[C@H](N=CC(C(C)=O)=C(O)c1c(C)cc(C)cc1C)c1c(C)cc(C)cc1C)=C(O)c1c(C)cc(C)cc1C. The van der Waals surface area contributed by atoms with Crippen molar-refractivity contribution in [2.45, 2.75) is 109 Å². The summed E-state index contributed by atoms with van der Waals surface area (Å²) in [5.74, 6) is -0.915. The topological polar surface area (TPSA) is 99.3 Å². The number of nitrogens with zero attached hydrogens (tertiary/aromatic N) is 2. The summed E-state index contributed by atoms with van der Waals surface area (Å²) in [6.45, 7) is 26.8. The number of aliphatic imine (C=N–C) groups is 2. The van der Waals surface area contributed by atoms with Crippen LogP contribution in [-0.2, 0) is 9.59 Å². The molecule has 54 heavy (non-hydrogen) atoms. The molecule has 0 bridgehead atoms. The number of hydrogen-bond acceptors (Lipinski definition) is 6. The minimum absolute atomic E-state index is 0.0878. The fourth-order valence-corrected chi connectivity index (χ4v) is 8.27. The van der Waals surface area contributed by atoms with E-state index in [0.29, 0.717) is 11.1 Å². The number of aliphatic hydroxyl groups is 2. The van der Waals surface area contributed by atoms with Crippen molar-refractivity contribution >= 4 is 35.5 Å². The molecule has 0 heterocycles. The number of hydrogen-bond donors (Lipinski definition) is 2. The summed E-state index contributed by atoms with van der Waals surface area (Å²) in [6.07, 6.45) is 2.97. The zero-order valence-corrected chi connectivity index (χ0v) is 34.5. The van der Waals surface area contributed by atoms with Gasteiger partial charge >= 0.3 is 0 Å². The lowest BCUT2D eigenvalue weighted by Crippen LogP contribution is -2.16. The van der Waals surface area contributed by atoms with E-state index in [-0.39, 0.29) is 34.2 Å². The van der Waals surface area contributed by atoms with Gasteiger partial charge in [0.1, 0.15) is 23.6 Å². The Morgan fingerprint density at radius 2 is 0.667 bits per heavy atom. The molecule has 4 rings (SSSR count). The molecule has 0 aliphatic rings. The van der Waals surface area contributed by atoms with Crippen LogP contribution < -0.4 is 0 Å². The fourth-order valence-electron chi connectivity index (χ4n) is 8.27. The highest BCUT2D eigenvalue weighted by Gasteiger charge is 2.30. The van der Waals surface area contributed by atoms with Crippen LogP contribution >= 0.6 is 0 Å². The van der Waals surface area contributed by atoms with E-state index >= 15 is 0 Å². The Hall–Kier alpha value is -5.36. The molecule has 0 fully saturated rings. The summed E-state index contributed by atoms with van der Waals surface area (Å²) in [7, 11) is 0. The van der Waals surface area contributed by atoms with Gasteiger partial charge in [-0.05, 0) is 153 Å². The molecule has 2 N–H and O–H groups in total. The van der Waals surface area contributed by atoms with E-state index in [1.165, 1.54) is 26.3 Å². The highest BCUT2D eigenvalue weighted by atomic mass is 16.3. The van der Waals surface area contributed by atoms with Crippen molar-refractivity contribution in [1.82, 2.24) is 0 Å². The van der Waals surface area contributed by atoms with Crippen LogP contribution in [0.2, 0.25) is 0 Å². The van der Waals surface area contributed by atoms with Crippen LogP contribution in [0.15, 0.2) is 69.7 Å². The average molecular weight is 725 g/mol. The first kappa shape index (κ1) is 41.4. The number of allylic oxidation sites excluding steroid dienone is 2. The zero-order chi connectivity index (χ0) is 40.3. The van der Waals surface area contributed by atoms with Crippen molar-refractivity contribution in [1.29, 1.82) is 0 Å². The van der Waals surface area contributed by atoms with Gasteiger partial charge in [0.2, 0.25) is 0 Å². The van der Waals surface area contributed by atoms with Gasteiger partial charge in [0.25, 0.3) is 0 Å². The van der Waals surface area contributed by atoms with Gasteiger partial charge < -0.3 is 10.2 Å². The second-order valence-corrected chi connectivity index (χ2v) is 15.3. The van der Waals surface area contributed by atoms with Crippen molar-refractivity contribution in [3.63, 3.8) is 0 Å². The van der Waals surface area contributed by atoms with Crippen LogP contribution in [0.3, 0.4) is 0 Å². The van der Waals surface area contributed by atoms with Crippen molar-refractivity contribution < 1.29 is 19.8 Å². The molecule has 2 atom stereocenters. The molecule has 0 unspecified atom stereocenters. The predicted molar refractivity (Wildman–Crippen MR) is 226 cm³/mol. The maximum atomic E-state index is 13.3. The number of benzene rings is 4. The zero-order valence-electron chi connectivity index (χ0n) is 34.5. The lowest BCUT2D eigenvalue weighted by Gasteiger charge is -2.28. The summed E-state index contributed by atoms with van der Waals surface area (Å²) >= 11 is 0. The number of carbonyl (C=O) groups is 2. The molecule has 4 aromatic carbocycles. The maximum Gasteiger partial charge on any atom is 0.165 e. The highest BCUT2D eigenvalue weighted by Crippen LogP contribution is 2.42. The van der Waals surface area contributed by atoms with E-state index in [1.54, 1.807) is 0 Å². The molecule has 6 heteroatoms.